The number of rotatable bonds is 5. The Balaban J connectivity index is 2.11. The molecule has 1 fully saturated rings. The number of carbonyl (C=O) groups excluding carboxylic acids is 1. The fourth-order valence-electron chi connectivity index (χ4n) is 2.33. The summed E-state index contributed by atoms with van der Waals surface area (Å²) in [6.45, 7) is 2.11. The number of carboxylic acid groups (broad SMARTS) is 1. The highest BCUT2D eigenvalue weighted by atomic mass is 35.5. The van der Waals surface area contributed by atoms with Crippen LogP contribution in [0.5, 0.6) is 0 Å². The van der Waals surface area contributed by atoms with E-state index in [9.17, 15) is 9.59 Å². The number of primary amides is 1. The minimum atomic E-state index is -0.856. The van der Waals surface area contributed by atoms with Gasteiger partial charge >= 0.3 is 5.97 Å². The molecule has 0 radical (unpaired) electrons. The Morgan fingerprint density at radius 3 is 2.86 bits per heavy atom. The quantitative estimate of drug-likeness (QED) is 0.849. The Labute approximate surface area is 127 Å². The maximum atomic E-state index is 11.1. The molecule has 1 unspecified atom stereocenters. The van der Waals surface area contributed by atoms with E-state index in [1.54, 1.807) is 12.1 Å². The Hall–Kier alpha value is -1.63. The van der Waals surface area contributed by atoms with Crippen molar-refractivity contribution < 1.29 is 19.4 Å². The van der Waals surface area contributed by atoms with Gasteiger partial charge < -0.3 is 15.6 Å². The molecule has 1 aliphatic heterocycles. The summed E-state index contributed by atoms with van der Waals surface area (Å²) in [6.07, 6.45) is 0.0248. The first-order valence-electron chi connectivity index (χ1n) is 6.59. The topological polar surface area (TPSA) is 92.9 Å². The van der Waals surface area contributed by atoms with Crippen molar-refractivity contribution in [2.45, 2.75) is 19.0 Å². The van der Waals surface area contributed by atoms with Gasteiger partial charge in [0.15, 0.2) is 0 Å². The molecule has 0 spiro atoms. The van der Waals surface area contributed by atoms with E-state index in [1.165, 1.54) is 6.07 Å². The number of benzene rings is 1. The first-order valence-corrected chi connectivity index (χ1v) is 6.97. The number of nitrogens with zero attached hydrogens (tertiary/aromatic N) is 1. The lowest BCUT2D eigenvalue weighted by molar-refractivity contribution is -0.140. The van der Waals surface area contributed by atoms with Gasteiger partial charge in [-0.15, -0.1) is 0 Å². The zero-order valence-electron chi connectivity index (χ0n) is 11.4. The lowest BCUT2D eigenvalue weighted by atomic mass is 10.1. The molecule has 1 heterocycles. The highest BCUT2D eigenvalue weighted by Crippen LogP contribution is 2.22. The van der Waals surface area contributed by atoms with Crippen LogP contribution >= 0.6 is 11.6 Å². The molecule has 0 bridgehead atoms. The third kappa shape index (κ3) is 4.17. The van der Waals surface area contributed by atoms with Gasteiger partial charge in [0.25, 0.3) is 0 Å². The number of morpholine rings is 1. The molecule has 0 saturated carbocycles. The van der Waals surface area contributed by atoms with Gasteiger partial charge in [-0.25, -0.2) is 0 Å². The number of aliphatic carboxylic acids is 1. The molecule has 21 heavy (non-hydrogen) atoms. The van der Waals surface area contributed by atoms with E-state index in [4.69, 9.17) is 27.2 Å². The van der Waals surface area contributed by atoms with E-state index in [0.717, 1.165) is 5.56 Å². The molecule has 2 rings (SSSR count). The van der Waals surface area contributed by atoms with Crippen LogP contribution in [0.25, 0.3) is 0 Å². The standard InChI is InChI=1S/C14H17ClN2O4/c15-12-5-9(14(16)20)1-2-10(12)7-17-3-4-21-8-11(17)6-13(18)19/h1-2,5,11H,3-4,6-8H2,(H2,16,20)(H,18,19). The van der Waals surface area contributed by atoms with Crippen LogP contribution in [-0.4, -0.2) is 47.7 Å². The minimum absolute atomic E-state index is 0.0248. The van der Waals surface area contributed by atoms with Crippen molar-refractivity contribution in [1.29, 1.82) is 0 Å². The minimum Gasteiger partial charge on any atom is -0.481 e. The van der Waals surface area contributed by atoms with Crippen LogP contribution in [0.1, 0.15) is 22.3 Å². The van der Waals surface area contributed by atoms with Crippen molar-refractivity contribution in [2.24, 2.45) is 5.73 Å². The van der Waals surface area contributed by atoms with Crippen molar-refractivity contribution >= 4 is 23.5 Å². The number of hydrogen-bond donors (Lipinski definition) is 2. The number of ether oxygens (including phenoxy) is 1. The summed E-state index contributed by atoms with van der Waals surface area (Å²) in [5.74, 6) is -1.38. The van der Waals surface area contributed by atoms with Gasteiger partial charge in [0.2, 0.25) is 5.91 Å². The summed E-state index contributed by atoms with van der Waals surface area (Å²) in [5.41, 5.74) is 6.39. The number of amides is 1. The van der Waals surface area contributed by atoms with Crippen molar-refractivity contribution in [3.63, 3.8) is 0 Å². The molecule has 3 N–H and O–H groups in total. The maximum absolute atomic E-state index is 11.1. The van der Waals surface area contributed by atoms with Gasteiger partial charge in [-0.2, -0.15) is 0 Å². The summed E-state index contributed by atoms with van der Waals surface area (Å²) >= 11 is 6.16. The smallest absolute Gasteiger partial charge is 0.305 e. The molecule has 0 aromatic heterocycles. The van der Waals surface area contributed by atoms with Crippen LogP contribution in [0, 0.1) is 0 Å². The van der Waals surface area contributed by atoms with Crippen LogP contribution in [0.2, 0.25) is 5.02 Å². The maximum Gasteiger partial charge on any atom is 0.305 e. The number of carbonyl (C=O) groups is 2. The second-order valence-corrected chi connectivity index (χ2v) is 5.37. The molecule has 114 valence electrons. The van der Waals surface area contributed by atoms with Crippen LogP contribution in [0.3, 0.4) is 0 Å². The van der Waals surface area contributed by atoms with Crippen molar-refractivity contribution in [3.05, 3.63) is 34.3 Å². The Kier molecular flexibility index (Phi) is 5.17. The van der Waals surface area contributed by atoms with E-state index in [0.29, 0.717) is 36.9 Å². The van der Waals surface area contributed by atoms with E-state index in [2.05, 4.69) is 0 Å². The summed E-state index contributed by atoms with van der Waals surface area (Å²) in [6, 6.07) is 4.72. The summed E-state index contributed by atoms with van der Waals surface area (Å²) in [4.78, 5) is 24.0. The summed E-state index contributed by atoms with van der Waals surface area (Å²) < 4.78 is 5.33. The van der Waals surface area contributed by atoms with Crippen LogP contribution in [0.15, 0.2) is 18.2 Å². The van der Waals surface area contributed by atoms with Crippen molar-refractivity contribution in [2.75, 3.05) is 19.8 Å². The zero-order chi connectivity index (χ0) is 15.4. The lowest BCUT2D eigenvalue weighted by Crippen LogP contribution is -2.45. The number of halogens is 1. The molecule has 6 nitrogen and oxygen atoms in total. The molecule has 1 saturated heterocycles. The Morgan fingerprint density at radius 2 is 2.24 bits per heavy atom. The van der Waals surface area contributed by atoms with Crippen molar-refractivity contribution in [3.8, 4) is 0 Å². The normalized spacial score (nSPS) is 19.4. The van der Waals surface area contributed by atoms with E-state index < -0.39 is 11.9 Å². The van der Waals surface area contributed by atoms with Gasteiger partial charge in [0.05, 0.1) is 19.6 Å². The second-order valence-electron chi connectivity index (χ2n) is 4.97. The lowest BCUT2D eigenvalue weighted by Gasteiger charge is -2.35. The second kappa shape index (κ2) is 6.89. The van der Waals surface area contributed by atoms with Gasteiger partial charge in [0, 0.05) is 29.7 Å². The Morgan fingerprint density at radius 1 is 1.48 bits per heavy atom. The highest BCUT2D eigenvalue weighted by Gasteiger charge is 2.25. The SMILES string of the molecule is NC(=O)c1ccc(CN2CCOCC2CC(=O)O)c(Cl)c1. The molecule has 1 aromatic rings. The van der Waals surface area contributed by atoms with E-state index in [1.807, 2.05) is 4.90 Å². The number of carboxylic acids is 1. The molecule has 1 amide bonds. The van der Waals surface area contributed by atoms with E-state index in [-0.39, 0.29) is 12.5 Å². The predicted octanol–water partition coefficient (Wildman–Crippen LogP) is 1.11. The zero-order valence-corrected chi connectivity index (χ0v) is 12.2. The first kappa shape index (κ1) is 15.8. The van der Waals surface area contributed by atoms with Gasteiger partial charge in [-0.1, -0.05) is 17.7 Å². The Bertz CT molecular complexity index is 550. The molecular formula is C14H17ClN2O4. The summed E-state index contributed by atoms with van der Waals surface area (Å²) in [7, 11) is 0. The predicted molar refractivity (Wildman–Crippen MR) is 77.2 cm³/mol. The summed E-state index contributed by atoms with van der Waals surface area (Å²) in [5, 5.41) is 9.39. The van der Waals surface area contributed by atoms with Gasteiger partial charge in [-0.05, 0) is 17.7 Å². The third-order valence-electron chi connectivity index (χ3n) is 3.47. The molecule has 1 aliphatic rings. The fraction of sp³-hybridized carbons (Fsp3) is 0.429. The number of nitrogens with two attached hydrogens (primary N) is 1. The van der Waals surface area contributed by atoms with Crippen molar-refractivity contribution in [1.82, 2.24) is 4.90 Å². The fourth-order valence-corrected chi connectivity index (χ4v) is 2.57. The van der Waals surface area contributed by atoms with Gasteiger partial charge in [-0.3, -0.25) is 14.5 Å². The molecule has 1 atom stereocenters. The monoisotopic (exact) mass is 312 g/mol. The van der Waals surface area contributed by atoms with Gasteiger partial charge in [0.1, 0.15) is 0 Å². The van der Waals surface area contributed by atoms with Crippen LogP contribution in [0.4, 0.5) is 0 Å². The van der Waals surface area contributed by atoms with Crippen LogP contribution < -0.4 is 5.73 Å². The molecule has 7 heteroatoms. The molecule has 1 aromatic carbocycles. The molecular weight excluding hydrogens is 296 g/mol. The highest BCUT2D eigenvalue weighted by molar-refractivity contribution is 6.31. The third-order valence-corrected chi connectivity index (χ3v) is 3.82. The largest absolute Gasteiger partial charge is 0.481 e. The van der Waals surface area contributed by atoms with E-state index >= 15 is 0 Å². The average Bonchev–Trinajstić information content (AvgIpc) is 2.42. The molecule has 0 aliphatic carbocycles. The number of hydrogen-bond acceptors (Lipinski definition) is 4. The first-order chi connectivity index (χ1) is 9.97. The average molecular weight is 313 g/mol. The van der Waals surface area contributed by atoms with Crippen LogP contribution in [-0.2, 0) is 16.1 Å².